The summed E-state index contributed by atoms with van der Waals surface area (Å²) in [7, 11) is 0. The summed E-state index contributed by atoms with van der Waals surface area (Å²) in [6.45, 7) is 0. The van der Waals surface area contributed by atoms with Gasteiger partial charge in [-0.25, -0.2) is 0 Å². The molecule has 0 saturated heterocycles. The molecule has 0 radical (unpaired) electrons. The monoisotopic (exact) mass is 202 g/mol. The van der Waals surface area contributed by atoms with Gasteiger partial charge in [-0.2, -0.15) is 0 Å². The Labute approximate surface area is 87.7 Å². The summed E-state index contributed by atoms with van der Waals surface area (Å²) in [5, 5.41) is 0. The molecule has 2 aliphatic carbocycles. The maximum atomic E-state index is 1.56. The van der Waals surface area contributed by atoms with Crippen LogP contribution in [0.25, 0.3) is 0 Å². The highest BCUT2D eigenvalue weighted by Crippen LogP contribution is 2.37. The van der Waals surface area contributed by atoms with Crippen LogP contribution in [0.15, 0.2) is 0 Å². The molecule has 2 rings (SSSR count). The molecule has 0 aromatic heterocycles. The molecule has 2 nitrogen and oxygen atoms in total. The van der Waals surface area contributed by atoms with Gasteiger partial charge in [0.05, 0.1) is 0 Å². The van der Waals surface area contributed by atoms with Crippen molar-refractivity contribution in [3.63, 3.8) is 0 Å². The highest BCUT2D eigenvalue weighted by molar-refractivity contribution is 4.76. The van der Waals surface area contributed by atoms with Crippen LogP contribution in [0.2, 0.25) is 0 Å². The zero-order valence-electron chi connectivity index (χ0n) is 9.23. The molecule has 4 N–H and O–H groups in total. The minimum Gasteiger partial charge on any atom is -0.412 e. The molecule has 0 spiro atoms. The summed E-state index contributed by atoms with van der Waals surface area (Å²) < 4.78 is 0. The van der Waals surface area contributed by atoms with E-state index >= 15 is 0 Å². The molecule has 0 aromatic carbocycles. The Bertz CT molecular complexity index is 108. The van der Waals surface area contributed by atoms with Crippen molar-refractivity contribution < 1.29 is 11.0 Å². The van der Waals surface area contributed by atoms with E-state index in [-0.39, 0.29) is 11.0 Å². The second-order valence-electron chi connectivity index (χ2n) is 4.80. The average Bonchev–Trinajstić information content (AvgIpc) is 2.21. The van der Waals surface area contributed by atoms with E-state index in [9.17, 15) is 0 Å². The van der Waals surface area contributed by atoms with Crippen LogP contribution in [0, 0.1) is 11.8 Å². The van der Waals surface area contributed by atoms with E-state index in [1.807, 2.05) is 0 Å². The van der Waals surface area contributed by atoms with Gasteiger partial charge in [-0.05, 0) is 11.8 Å². The van der Waals surface area contributed by atoms with Gasteiger partial charge >= 0.3 is 0 Å². The normalized spacial score (nSPS) is 24.9. The summed E-state index contributed by atoms with van der Waals surface area (Å²) in [6, 6.07) is 0. The molecule has 86 valence electrons. The average molecular weight is 202 g/mol. The van der Waals surface area contributed by atoms with Gasteiger partial charge in [0.2, 0.25) is 0 Å². The summed E-state index contributed by atoms with van der Waals surface area (Å²) >= 11 is 0. The van der Waals surface area contributed by atoms with Gasteiger partial charge in [0, 0.05) is 0 Å². The lowest BCUT2D eigenvalue weighted by Crippen LogP contribution is -2.20. The Balaban J connectivity index is 0.000000845. The van der Waals surface area contributed by atoms with Crippen LogP contribution < -0.4 is 0 Å². The molecule has 2 saturated carbocycles. The molecular weight excluding hydrogens is 176 g/mol. The van der Waals surface area contributed by atoms with Crippen molar-refractivity contribution in [3.8, 4) is 0 Å². The molecule has 0 heterocycles. The van der Waals surface area contributed by atoms with Crippen LogP contribution in [-0.4, -0.2) is 11.0 Å². The van der Waals surface area contributed by atoms with E-state index in [4.69, 9.17) is 0 Å². The highest BCUT2D eigenvalue weighted by Gasteiger charge is 2.24. The van der Waals surface area contributed by atoms with Crippen LogP contribution >= 0.6 is 0 Å². The van der Waals surface area contributed by atoms with Crippen LogP contribution in [0.5, 0.6) is 0 Å². The Morgan fingerprint density at radius 3 is 1.00 bits per heavy atom. The Morgan fingerprint density at radius 2 is 0.714 bits per heavy atom. The third-order valence-electron chi connectivity index (χ3n) is 3.97. The lowest BCUT2D eigenvalue weighted by atomic mass is 9.73. The summed E-state index contributed by atoms with van der Waals surface area (Å²) in [5.74, 6) is 2.28. The Hall–Kier alpha value is -0.0800. The number of rotatable bonds is 1. The van der Waals surface area contributed by atoms with E-state index in [1.54, 1.807) is 25.7 Å². The van der Waals surface area contributed by atoms with Crippen LogP contribution in [0.4, 0.5) is 0 Å². The fourth-order valence-electron chi connectivity index (χ4n) is 3.21. The van der Waals surface area contributed by atoms with Crippen molar-refractivity contribution in [3.05, 3.63) is 0 Å². The topological polar surface area (TPSA) is 63.0 Å². The van der Waals surface area contributed by atoms with Crippen molar-refractivity contribution in [1.29, 1.82) is 0 Å². The van der Waals surface area contributed by atoms with Crippen LogP contribution in [0.3, 0.4) is 0 Å². The van der Waals surface area contributed by atoms with Gasteiger partial charge in [0.25, 0.3) is 0 Å². The fraction of sp³-hybridized carbons (Fsp3) is 1.00. The maximum Gasteiger partial charge on any atom is -0.0386 e. The summed E-state index contributed by atoms with van der Waals surface area (Å²) in [4.78, 5) is 0. The first-order chi connectivity index (χ1) is 5.97. The molecule has 0 unspecified atom stereocenters. The third kappa shape index (κ3) is 3.58. The standard InChI is InChI=1S/C12H22.2H2O/c1-3-7-11(8-4-1)12-9-5-2-6-10-12;;/h11-12H,1-10H2;2*1H2. The number of hydrogen-bond acceptors (Lipinski definition) is 0. The highest BCUT2D eigenvalue weighted by atomic mass is 16.0. The molecule has 2 aliphatic rings. The van der Waals surface area contributed by atoms with Crippen LogP contribution in [-0.2, 0) is 0 Å². The van der Waals surface area contributed by atoms with E-state index in [0.717, 1.165) is 11.8 Å². The summed E-state index contributed by atoms with van der Waals surface area (Å²) in [5.41, 5.74) is 0. The Morgan fingerprint density at radius 1 is 0.429 bits per heavy atom. The van der Waals surface area contributed by atoms with Gasteiger partial charge in [-0.15, -0.1) is 0 Å². The molecule has 2 heteroatoms. The van der Waals surface area contributed by atoms with Gasteiger partial charge in [0.15, 0.2) is 0 Å². The van der Waals surface area contributed by atoms with Crippen molar-refractivity contribution in [2.24, 2.45) is 11.8 Å². The molecule has 0 bridgehead atoms. The predicted molar refractivity (Wildman–Crippen MR) is 60.4 cm³/mol. The maximum absolute atomic E-state index is 1.56. The zero-order chi connectivity index (χ0) is 8.23. The second-order valence-corrected chi connectivity index (χ2v) is 4.80. The van der Waals surface area contributed by atoms with E-state index < -0.39 is 0 Å². The Kier molecular flexibility index (Phi) is 7.20. The van der Waals surface area contributed by atoms with Crippen LogP contribution in [0.1, 0.15) is 64.2 Å². The quantitative estimate of drug-likeness (QED) is 0.627. The molecule has 0 aromatic rings. The third-order valence-corrected chi connectivity index (χ3v) is 3.97. The second kappa shape index (κ2) is 7.24. The fourth-order valence-corrected chi connectivity index (χ4v) is 3.21. The molecule has 0 aliphatic heterocycles. The van der Waals surface area contributed by atoms with Gasteiger partial charge in [-0.3, -0.25) is 0 Å². The van der Waals surface area contributed by atoms with E-state index in [2.05, 4.69) is 0 Å². The van der Waals surface area contributed by atoms with Crippen molar-refractivity contribution >= 4 is 0 Å². The first-order valence-corrected chi connectivity index (χ1v) is 5.97. The SMILES string of the molecule is C1CCC(C2CCCCC2)CC1.O.O. The minimum absolute atomic E-state index is 0. The smallest absolute Gasteiger partial charge is 0.0386 e. The largest absolute Gasteiger partial charge is 0.412 e. The minimum atomic E-state index is 0. The van der Waals surface area contributed by atoms with Crippen molar-refractivity contribution in [2.45, 2.75) is 64.2 Å². The van der Waals surface area contributed by atoms with Gasteiger partial charge in [-0.1, -0.05) is 64.2 Å². The molecule has 2 fully saturated rings. The first-order valence-electron chi connectivity index (χ1n) is 5.97. The predicted octanol–water partition coefficient (Wildman–Crippen LogP) is 2.50. The van der Waals surface area contributed by atoms with E-state index in [1.165, 1.54) is 38.5 Å². The lowest BCUT2D eigenvalue weighted by Gasteiger charge is -2.32. The first kappa shape index (κ1) is 13.9. The van der Waals surface area contributed by atoms with Crippen molar-refractivity contribution in [2.75, 3.05) is 0 Å². The molecule has 14 heavy (non-hydrogen) atoms. The van der Waals surface area contributed by atoms with E-state index in [0.29, 0.717) is 0 Å². The molecule has 0 atom stereocenters. The number of hydrogen-bond donors (Lipinski definition) is 0. The summed E-state index contributed by atoms with van der Waals surface area (Å²) in [6.07, 6.45) is 15.4. The molecular formula is C12H26O2. The van der Waals surface area contributed by atoms with Gasteiger partial charge < -0.3 is 11.0 Å². The zero-order valence-corrected chi connectivity index (χ0v) is 9.23. The lowest BCUT2D eigenvalue weighted by molar-refractivity contribution is 0.196. The molecule has 0 amide bonds. The van der Waals surface area contributed by atoms with Gasteiger partial charge in [0.1, 0.15) is 0 Å². The van der Waals surface area contributed by atoms with Crippen molar-refractivity contribution in [1.82, 2.24) is 0 Å².